The van der Waals surface area contributed by atoms with Gasteiger partial charge >= 0.3 is 0 Å². The van der Waals surface area contributed by atoms with Crippen molar-refractivity contribution in [2.45, 2.75) is 71.0 Å². The lowest BCUT2D eigenvalue weighted by Gasteiger charge is -2.30. The number of rotatable bonds is 8. The summed E-state index contributed by atoms with van der Waals surface area (Å²) in [5, 5.41) is 0. The molecule has 0 aromatic heterocycles. The number of unbranched alkanes of at least 4 members (excludes halogenated alkanes) is 3. The van der Waals surface area contributed by atoms with Crippen molar-refractivity contribution in [3.8, 4) is 0 Å². The number of hydrogen-bond donors (Lipinski definition) is 0. The van der Waals surface area contributed by atoms with Crippen molar-refractivity contribution in [2.75, 3.05) is 13.2 Å². The Labute approximate surface area is 129 Å². The van der Waals surface area contributed by atoms with E-state index in [1.165, 1.54) is 49.7 Å². The van der Waals surface area contributed by atoms with E-state index >= 15 is 0 Å². The molecule has 1 aliphatic heterocycles. The summed E-state index contributed by atoms with van der Waals surface area (Å²) in [4.78, 5) is 0. The Bertz CT molecular complexity index is 377. The summed E-state index contributed by atoms with van der Waals surface area (Å²) in [6.45, 7) is 5.90. The van der Waals surface area contributed by atoms with Gasteiger partial charge in [0.15, 0.2) is 0 Å². The standard InChI is InChI=1S/C19H30O2/c1-3-5-7-8-16-10-12-17(13-11-16)19-15-20-18(14-21-19)9-6-4-2/h10-13,18-19H,3-9,14-15H2,1-2H3/t18-,19-/m0/s1. The van der Waals surface area contributed by atoms with Crippen molar-refractivity contribution >= 4 is 0 Å². The summed E-state index contributed by atoms with van der Waals surface area (Å²) < 4.78 is 11.9. The second-order valence-electron chi connectivity index (χ2n) is 6.12. The van der Waals surface area contributed by atoms with Crippen molar-refractivity contribution in [2.24, 2.45) is 0 Å². The molecule has 2 rings (SSSR count). The molecule has 1 heterocycles. The molecule has 0 saturated carbocycles. The predicted molar refractivity (Wildman–Crippen MR) is 87.6 cm³/mol. The van der Waals surface area contributed by atoms with Crippen LogP contribution in [0.2, 0.25) is 0 Å². The van der Waals surface area contributed by atoms with Crippen molar-refractivity contribution < 1.29 is 9.47 Å². The molecule has 1 saturated heterocycles. The van der Waals surface area contributed by atoms with Gasteiger partial charge in [0.2, 0.25) is 0 Å². The molecule has 0 spiro atoms. The van der Waals surface area contributed by atoms with Gasteiger partial charge in [-0.05, 0) is 30.4 Å². The maximum atomic E-state index is 5.99. The second-order valence-corrected chi connectivity index (χ2v) is 6.12. The third-order valence-electron chi connectivity index (χ3n) is 4.27. The minimum atomic E-state index is 0.118. The molecule has 0 amide bonds. The van der Waals surface area contributed by atoms with Gasteiger partial charge in [-0.1, -0.05) is 63.8 Å². The van der Waals surface area contributed by atoms with Gasteiger partial charge in [0.05, 0.1) is 19.3 Å². The highest BCUT2D eigenvalue weighted by Gasteiger charge is 2.22. The van der Waals surface area contributed by atoms with Crippen molar-refractivity contribution in [3.05, 3.63) is 35.4 Å². The van der Waals surface area contributed by atoms with Crippen LogP contribution in [0, 0.1) is 0 Å². The lowest BCUT2D eigenvalue weighted by Crippen LogP contribution is -2.31. The first-order valence-electron chi connectivity index (χ1n) is 8.65. The van der Waals surface area contributed by atoms with E-state index in [-0.39, 0.29) is 6.10 Å². The quantitative estimate of drug-likeness (QED) is 0.623. The molecule has 0 N–H and O–H groups in total. The summed E-state index contributed by atoms with van der Waals surface area (Å²) in [6.07, 6.45) is 9.08. The minimum absolute atomic E-state index is 0.118. The molecular weight excluding hydrogens is 260 g/mol. The predicted octanol–water partition coefficient (Wildman–Crippen LogP) is 5.07. The highest BCUT2D eigenvalue weighted by Crippen LogP contribution is 2.25. The molecule has 1 aromatic carbocycles. The molecule has 0 aliphatic carbocycles. The Morgan fingerprint density at radius 1 is 0.905 bits per heavy atom. The van der Waals surface area contributed by atoms with Gasteiger partial charge < -0.3 is 9.47 Å². The summed E-state index contributed by atoms with van der Waals surface area (Å²) in [5.41, 5.74) is 2.69. The first kappa shape index (κ1) is 16.5. The van der Waals surface area contributed by atoms with E-state index in [4.69, 9.17) is 9.47 Å². The minimum Gasteiger partial charge on any atom is -0.373 e. The number of aryl methyl sites for hydroxylation is 1. The van der Waals surface area contributed by atoms with Crippen LogP contribution in [0.3, 0.4) is 0 Å². The Balaban J connectivity index is 1.78. The monoisotopic (exact) mass is 290 g/mol. The first-order chi connectivity index (χ1) is 10.3. The van der Waals surface area contributed by atoms with E-state index in [1.807, 2.05) is 0 Å². The highest BCUT2D eigenvalue weighted by molar-refractivity contribution is 5.24. The number of ether oxygens (including phenoxy) is 2. The van der Waals surface area contributed by atoms with Crippen LogP contribution in [-0.4, -0.2) is 19.3 Å². The molecule has 0 unspecified atom stereocenters. The fourth-order valence-corrected chi connectivity index (χ4v) is 2.81. The number of hydrogen-bond acceptors (Lipinski definition) is 2. The first-order valence-corrected chi connectivity index (χ1v) is 8.65. The van der Waals surface area contributed by atoms with Gasteiger partial charge in [-0.2, -0.15) is 0 Å². The normalized spacial score (nSPS) is 22.4. The van der Waals surface area contributed by atoms with Gasteiger partial charge in [0.25, 0.3) is 0 Å². The molecule has 118 valence electrons. The molecular formula is C19H30O2. The fraction of sp³-hybridized carbons (Fsp3) is 0.684. The third kappa shape index (κ3) is 5.44. The summed E-state index contributed by atoms with van der Waals surface area (Å²) in [7, 11) is 0. The molecule has 21 heavy (non-hydrogen) atoms. The van der Waals surface area contributed by atoms with Gasteiger partial charge in [-0.3, -0.25) is 0 Å². The lowest BCUT2D eigenvalue weighted by atomic mass is 10.0. The topological polar surface area (TPSA) is 18.5 Å². The van der Waals surface area contributed by atoms with E-state index in [0.29, 0.717) is 12.7 Å². The molecule has 2 atom stereocenters. The van der Waals surface area contributed by atoms with E-state index in [2.05, 4.69) is 38.1 Å². The third-order valence-corrected chi connectivity index (χ3v) is 4.27. The average molecular weight is 290 g/mol. The average Bonchev–Trinajstić information content (AvgIpc) is 2.54. The summed E-state index contributed by atoms with van der Waals surface area (Å²) in [5.74, 6) is 0. The zero-order valence-electron chi connectivity index (χ0n) is 13.6. The molecule has 1 aliphatic rings. The van der Waals surface area contributed by atoms with Gasteiger partial charge in [0, 0.05) is 0 Å². The zero-order valence-corrected chi connectivity index (χ0v) is 13.6. The summed E-state index contributed by atoms with van der Waals surface area (Å²) in [6, 6.07) is 8.92. The van der Waals surface area contributed by atoms with E-state index in [9.17, 15) is 0 Å². The lowest BCUT2D eigenvalue weighted by molar-refractivity contribution is -0.137. The molecule has 2 heteroatoms. The smallest absolute Gasteiger partial charge is 0.106 e. The molecule has 0 radical (unpaired) electrons. The fourth-order valence-electron chi connectivity index (χ4n) is 2.81. The highest BCUT2D eigenvalue weighted by atomic mass is 16.6. The SMILES string of the molecule is CCCCCc1ccc([C@@H]2CO[C@@H](CCCC)CO2)cc1. The van der Waals surface area contributed by atoms with Crippen LogP contribution in [0.1, 0.15) is 69.6 Å². The Morgan fingerprint density at radius 3 is 2.29 bits per heavy atom. The van der Waals surface area contributed by atoms with Crippen LogP contribution in [0.4, 0.5) is 0 Å². The number of benzene rings is 1. The van der Waals surface area contributed by atoms with Crippen LogP contribution in [-0.2, 0) is 15.9 Å². The summed E-state index contributed by atoms with van der Waals surface area (Å²) >= 11 is 0. The molecule has 2 nitrogen and oxygen atoms in total. The maximum Gasteiger partial charge on any atom is 0.106 e. The van der Waals surface area contributed by atoms with E-state index in [0.717, 1.165) is 13.0 Å². The molecule has 1 fully saturated rings. The zero-order chi connectivity index (χ0) is 14.9. The Kier molecular flexibility index (Phi) is 7.25. The van der Waals surface area contributed by atoms with Crippen molar-refractivity contribution in [3.63, 3.8) is 0 Å². The van der Waals surface area contributed by atoms with E-state index < -0.39 is 0 Å². The molecule has 1 aromatic rings. The van der Waals surface area contributed by atoms with Crippen molar-refractivity contribution in [1.82, 2.24) is 0 Å². The van der Waals surface area contributed by atoms with Crippen LogP contribution in [0.15, 0.2) is 24.3 Å². The van der Waals surface area contributed by atoms with Crippen molar-refractivity contribution in [1.29, 1.82) is 0 Å². The Morgan fingerprint density at radius 2 is 1.67 bits per heavy atom. The molecule has 0 bridgehead atoms. The van der Waals surface area contributed by atoms with Crippen LogP contribution in [0.5, 0.6) is 0 Å². The van der Waals surface area contributed by atoms with Crippen LogP contribution >= 0.6 is 0 Å². The van der Waals surface area contributed by atoms with Gasteiger partial charge in [-0.25, -0.2) is 0 Å². The Hall–Kier alpha value is -0.860. The van der Waals surface area contributed by atoms with E-state index in [1.54, 1.807) is 0 Å². The van der Waals surface area contributed by atoms with Gasteiger partial charge in [0.1, 0.15) is 6.10 Å². The van der Waals surface area contributed by atoms with Gasteiger partial charge in [-0.15, -0.1) is 0 Å². The second kappa shape index (κ2) is 9.22. The van der Waals surface area contributed by atoms with Crippen LogP contribution < -0.4 is 0 Å². The van der Waals surface area contributed by atoms with Crippen LogP contribution in [0.25, 0.3) is 0 Å². The largest absolute Gasteiger partial charge is 0.373 e. The maximum absolute atomic E-state index is 5.99.